The SMILES string of the molecule is COCCOc1ccc(NC(=O)c2cccc(OCCOc3ccccc3)c2)cc1. The highest BCUT2D eigenvalue weighted by Crippen LogP contribution is 2.18. The van der Waals surface area contributed by atoms with Crippen LogP contribution in [0.25, 0.3) is 0 Å². The van der Waals surface area contributed by atoms with Crippen molar-refractivity contribution in [3.63, 3.8) is 0 Å². The van der Waals surface area contributed by atoms with E-state index in [1.807, 2.05) is 36.4 Å². The number of hydrogen-bond donors (Lipinski definition) is 1. The maximum absolute atomic E-state index is 12.5. The summed E-state index contributed by atoms with van der Waals surface area (Å²) in [5.41, 5.74) is 1.19. The second-order valence-electron chi connectivity index (χ2n) is 6.36. The molecule has 0 fully saturated rings. The van der Waals surface area contributed by atoms with Crippen LogP contribution in [0.5, 0.6) is 17.2 Å². The van der Waals surface area contributed by atoms with Gasteiger partial charge in [0, 0.05) is 18.4 Å². The van der Waals surface area contributed by atoms with Crippen LogP contribution < -0.4 is 19.5 Å². The molecule has 0 aromatic heterocycles. The third-order valence-electron chi connectivity index (χ3n) is 4.13. The number of para-hydroxylation sites is 1. The van der Waals surface area contributed by atoms with Crippen LogP contribution >= 0.6 is 0 Å². The molecule has 1 N–H and O–H groups in total. The summed E-state index contributed by atoms with van der Waals surface area (Å²) < 4.78 is 21.8. The fourth-order valence-electron chi connectivity index (χ4n) is 2.64. The number of benzene rings is 3. The molecule has 0 saturated heterocycles. The van der Waals surface area contributed by atoms with Crippen LogP contribution in [0.1, 0.15) is 10.4 Å². The Morgan fingerprint density at radius 3 is 2.00 bits per heavy atom. The van der Waals surface area contributed by atoms with Gasteiger partial charge in [0.2, 0.25) is 0 Å². The maximum Gasteiger partial charge on any atom is 0.255 e. The molecule has 0 saturated carbocycles. The molecule has 6 nitrogen and oxygen atoms in total. The molecule has 0 unspecified atom stereocenters. The first kappa shape index (κ1) is 21.2. The first-order chi connectivity index (χ1) is 14.7. The Morgan fingerprint density at radius 1 is 0.700 bits per heavy atom. The van der Waals surface area contributed by atoms with E-state index in [1.165, 1.54) is 0 Å². The Hall–Kier alpha value is -3.51. The van der Waals surface area contributed by atoms with Gasteiger partial charge < -0.3 is 24.3 Å². The van der Waals surface area contributed by atoms with Gasteiger partial charge >= 0.3 is 0 Å². The summed E-state index contributed by atoms with van der Waals surface area (Å²) in [6.45, 7) is 1.80. The average molecular weight is 407 g/mol. The fourth-order valence-corrected chi connectivity index (χ4v) is 2.64. The zero-order valence-corrected chi connectivity index (χ0v) is 16.9. The number of carbonyl (C=O) groups is 1. The number of nitrogens with one attached hydrogen (secondary N) is 1. The molecule has 3 rings (SSSR count). The fraction of sp³-hybridized carbons (Fsp3) is 0.208. The Morgan fingerprint density at radius 2 is 1.30 bits per heavy atom. The van der Waals surface area contributed by atoms with Crippen LogP contribution in [0.2, 0.25) is 0 Å². The average Bonchev–Trinajstić information content (AvgIpc) is 2.79. The lowest BCUT2D eigenvalue weighted by Crippen LogP contribution is -2.13. The molecule has 0 aliphatic rings. The third-order valence-corrected chi connectivity index (χ3v) is 4.13. The van der Waals surface area contributed by atoms with Gasteiger partial charge in [-0.3, -0.25) is 4.79 Å². The highest BCUT2D eigenvalue weighted by atomic mass is 16.5. The van der Waals surface area contributed by atoms with Crippen LogP contribution in [0, 0.1) is 0 Å². The van der Waals surface area contributed by atoms with Crippen LogP contribution in [0.4, 0.5) is 5.69 Å². The van der Waals surface area contributed by atoms with Gasteiger partial charge in [-0.2, -0.15) is 0 Å². The van der Waals surface area contributed by atoms with E-state index < -0.39 is 0 Å². The van der Waals surface area contributed by atoms with Crippen LogP contribution in [-0.2, 0) is 4.74 Å². The summed E-state index contributed by atoms with van der Waals surface area (Å²) in [4.78, 5) is 12.5. The number of rotatable bonds is 11. The molecule has 0 aliphatic heterocycles. The zero-order valence-electron chi connectivity index (χ0n) is 16.9. The first-order valence-corrected chi connectivity index (χ1v) is 9.68. The van der Waals surface area contributed by atoms with Crippen molar-refractivity contribution in [3.05, 3.63) is 84.4 Å². The van der Waals surface area contributed by atoms with E-state index in [9.17, 15) is 4.79 Å². The van der Waals surface area contributed by atoms with Gasteiger partial charge in [0.05, 0.1) is 6.61 Å². The Bertz CT molecular complexity index is 912. The Labute approximate surface area is 176 Å². The normalized spacial score (nSPS) is 10.3. The van der Waals surface area contributed by atoms with Crippen molar-refractivity contribution < 1.29 is 23.7 Å². The Kier molecular flexibility index (Phi) is 8.12. The maximum atomic E-state index is 12.5. The van der Waals surface area contributed by atoms with E-state index in [1.54, 1.807) is 49.6 Å². The minimum atomic E-state index is -0.214. The second kappa shape index (κ2) is 11.5. The minimum Gasteiger partial charge on any atom is -0.491 e. The van der Waals surface area contributed by atoms with Crippen LogP contribution in [0.3, 0.4) is 0 Å². The van der Waals surface area contributed by atoms with Gasteiger partial charge in [0.1, 0.15) is 37.1 Å². The molecule has 0 aliphatic carbocycles. The molecule has 0 bridgehead atoms. The van der Waals surface area contributed by atoms with Crippen molar-refractivity contribution in [2.75, 3.05) is 38.9 Å². The van der Waals surface area contributed by atoms with Gasteiger partial charge in [0.25, 0.3) is 5.91 Å². The van der Waals surface area contributed by atoms with Gasteiger partial charge in [0.15, 0.2) is 0 Å². The largest absolute Gasteiger partial charge is 0.491 e. The summed E-state index contributed by atoms with van der Waals surface area (Å²) in [6, 6.07) is 23.8. The predicted molar refractivity (Wildman–Crippen MR) is 116 cm³/mol. The summed E-state index contributed by atoms with van der Waals surface area (Å²) >= 11 is 0. The molecule has 3 aromatic rings. The van der Waals surface area contributed by atoms with Crippen molar-refractivity contribution in [1.29, 1.82) is 0 Å². The van der Waals surface area contributed by atoms with Crippen LogP contribution in [-0.4, -0.2) is 39.4 Å². The van der Waals surface area contributed by atoms with E-state index in [2.05, 4.69) is 5.32 Å². The molecule has 0 spiro atoms. The topological polar surface area (TPSA) is 66.0 Å². The number of anilines is 1. The summed E-state index contributed by atoms with van der Waals surface area (Å²) in [7, 11) is 1.63. The lowest BCUT2D eigenvalue weighted by Gasteiger charge is -2.10. The van der Waals surface area contributed by atoms with Gasteiger partial charge in [-0.05, 0) is 54.6 Å². The molecule has 30 heavy (non-hydrogen) atoms. The zero-order chi connectivity index (χ0) is 21.0. The summed E-state index contributed by atoms with van der Waals surface area (Å²) in [5, 5.41) is 2.87. The smallest absolute Gasteiger partial charge is 0.255 e. The van der Waals surface area contributed by atoms with E-state index in [0.717, 1.165) is 11.5 Å². The molecule has 3 aromatic carbocycles. The minimum absolute atomic E-state index is 0.214. The Balaban J connectivity index is 1.47. The molecule has 0 radical (unpaired) electrons. The molecular weight excluding hydrogens is 382 g/mol. The van der Waals surface area contributed by atoms with E-state index in [-0.39, 0.29) is 5.91 Å². The highest BCUT2D eigenvalue weighted by Gasteiger charge is 2.08. The summed E-state index contributed by atoms with van der Waals surface area (Å²) in [6.07, 6.45) is 0. The molecule has 6 heteroatoms. The number of carbonyl (C=O) groups excluding carboxylic acids is 1. The molecule has 0 heterocycles. The monoisotopic (exact) mass is 407 g/mol. The number of amides is 1. The number of hydrogen-bond acceptors (Lipinski definition) is 5. The van der Waals surface area contributed by atoms with E-state index in [0.29, 0.717) is 43.4 Å². The van der Waals surface area contributed by atoms with E-state index >= 15 is 0 Å². The van der Waals surface area contributed by atoms with Gasteiger partial charge in [-0.15, -0.1) is 0 Å². The van der Waals surface area contributed by atoms with Gasteiger partial charge in [-0.1, -0.05) is 24.3 Å². The molecule has 1 amide bonds. The number of ether oxygens (including phenoxy) is 4. The predicted octanol–water partition coefficient (Wildman–Crippen LogP) is 4.42. The second-order valence-corrected chi connectivity index (χ2v) is 6.36. The first-order valence-electron chi connectivity index (χ1n) is 9.68. The highest BCUT2D eigenvalue weighted by molar-refractivity contribution is 6.04. The molecule has 0 atom stereocenters. The van der Waals surface area contributed by atoms with Gasteiger partial charge in [-0.25, -0.2) is 0 Å². The van der Waals surface area contributed by atoms with Crippen molar-refractivity contribution in [2.45, 2.75) is 0 Å². The van der Waals surface area contributed by atoms with Crippen molar-refractivity contribution >= 4 is 11.6 Å². The summed E-state index contributed by atoms with van der Waals surface area (Å²) in [5.74, 6) is 1.91. The molecule has 156 valence electrons. The lowest BCUT2D eigenvalue weighted by atomic mass is 10.2. The van der Waals surface area contributed by atoms with Crippen molar-refractivity contribution in [3.8, 4) is 17.2 Å². The van der Waals surface area contributed by atoms with Crippen molar-refractivity contribution in [2.24, 2.45) is 0 Å². The van der Waals surface area contributed by atoms with E-state index in [4.69, 9.17) is 18.9 Å². The molecular formula is C24H25NO5. The standard InChI is InChI=1S/C24H25NO5/c1-27-14-15-28-22-12-10-20(11-13-22)25-24(26)19-6-5-9-23(18-19)30-17-16-29-21-7-3-2-4-8-21/h2-13,18H,14-17H2,1H3,(H,25,26). The van der Waals surface area contributed by atoms with Crippen LogP contribution in [0.15, 0.2) is 78.9 Å². The third kappa shape index (κ3) is 6.83. The van der Waals surface area contributed by atoms with Crippen molar-refractivity contribution in [1.82, 2.24) is 0 Å². The lowest BCUT2D eigenvalue weighted by molar-refractivity contribution is 0.102. The number of methoxy groups -OCH3 is 1. The quantitative estimate of drug-likeness (QED) is 0.477.